The Labute approximate surface area is 153 Å². The molecule has 0 unspecified atom stereocenters. The average molecular weight is 354 g/mol. The van der Waals surface area contributed by atoms with Crippen LogP contribution in [0, 0.1) is 11.7 Å². The van der Waals surface area contributed by atoms with Crippen molar-refractivity contribution in [3.05, 3.63) is 59.9 Å². The Bertz CT molecular complexity index is 804. The van der Waals surface area contributed by atoms with Crippen LogP contribution >= 0.6 is 0 Å². The maximum absolute atomic E-state index is 13.9. The number of amides is 2. The van der Waals surface area contributed by atoms with E-state index < -0.39 is 0 Å². The van der Waals surface area contributed by atoms with Gasteiger partial charge in [0.05, 0.1) is 0 Å². The van der Waals surface area contributed by atoms with Crippen LogP contribution in [0.5, 0.6) is 0 Å². The van der Waals surface area contributed by atoms with E-state index in [0.717, 1.165) is 5.56 Å². The predicted molar refractivity (Wildman–Crippen MR) is 99.2 cm³/mol. The van der Waals surface area contributed by atoms with Gasteiger partial charge >= 0.3 is 0 Å². The third-order valence-corrected chi connectivity index (χ3v) is 4.87. The first-order chi connectivity index (χ1) is 12.5. The maximum atomic E-state index is 13.9. The molecule has 0 radical (unpaired) electrons. The van der Waals surface area contributed by atoms with Crippen molar-refractivity contribution in [1.82, 2.24) is 9.80 Å². The minimum Gasteiger partial charge on any atom is -0.343 e. The number of carbonyl (C=O) groups is 2. The van der Waals surface area contributed by atoms with Crippen LogP contribution in [-0.2, 0) is 4.79 Å². The third kappa shape index (κ3) is 3.77. The summed E-state index contributed by atoms with van der Waals surface area (Å²) in [4.78, 5) is 27.9. The quantitative estimate of drug-likeness (QED) is 0.825. The van der Waals surface area contributed by atoms with Gasteiger partial charge in [0.2, 0.25) is 5.91 Å². The van der Waals surface area contributed by atoms with Gasteiger partial charge in [0.15, 0.2) is 0 Å². The van der Waals surface area contributed by atoms with Gasteiger partial charge in [-0.3, -0.25) is 9.59 Å². The average Bonchev–Trinajstić information content (AvgIpc) is 3.01. The molecule has 1 fully saturated rings. The molecule has 1 heterocycles. The molecule has 2 amide bonds. The molecule has 1 aliphatic heterocycles. The van der Waals surface area contributed by atoms with Crippen LogP contribution in [0.15, 0.2) is 48.5 Å². The summed E-state index contributed by atoms with van der Waals surface area (Å²) in [7, 11) is 1.76. The van der Waals surface area contributed by atoms with E-state index in [1.54, 1.807) is 54.4 Å². The molecule has 4 nitrogen and oxygen atoms in total. The van der Waals surface area contributed by atoms with Gasteiger partial charge in [-0.15, -0.1) is 0 Å². The van der Waals surface area contributed by atoms with Gasteiger partial charge in [-0.25, -0.2) is 4.39 Å². The molecule has 0 aromatic heterocycles. The van der Waals surface area contributed by atoms with Crippen LogP contribution in [0.1, 0.15) is 23.7 Å². The van der Waals surface area contributed by atoms with E-state index >= 15 is 0 Å². The van der Waals surface area contributed by atoms with Crippen molar-refractivity contribution in [3.63, 3.8) is 0 Å². The molecule has 1 aliphatic rings. The van der Waals surface area contributed by atoms with E-state index in [-0.39, 0.29) is 23.5 Å². The van der Waals surface area contributed by atoms with Gasteiger partial charge < -0.3 is 9.80 Å². The summed E-state index contributed by atoms with van der Waals surface area (Å²) >= 11 is 0. The fourth-order valence-electron chi connectivity index (χ4n) is 3.46. The first kappa shape index (κ1) is 18.1. The van der Waals surface area contributed by atoms with Crippen molar-refractivity contribution >= 4 is 11.8 Å². The monoisotopic (exact) mass is 354 g/mol. The number of benzene rings is 2. The zero-order valence-electron chi connectivity index (χ0n) is 15.1. The normalized spacial score (nSPS) is 16.8. The van der Waals surface area contributed by atoms with Gasteiger partial charge in [0, 0.05) is 50.1 Å². The molecule has 136 valence electrons. The minimum atomic E-state index is -0.282. The molecular weight excluding hydrogens is 331 g/mol. The van der Waals surface area contributed by atoms with Gasteiger partial charge in [0.1, 0.15) is 5.82 Å². The summed E-state index contributed by atoms with van der Waals surface area (Å²) < 4.78 is 13.9. The fraction of sp³-hybridized carbons (Fsp3) is 0.333. The molecular formula is C21H23FN2O2. The van der Waals surface area contributed by atoms with Crippen LogP contribution in [-0.4, -0.2) is 48.3 Å². The molecule has 0 aliphatic carbocycles. The molecule has 0 N–H and O–H groups in total. The standard InChI is InChI=1S/C21H23FN2O2/c1-3-24-14-15(12-20(24)25)13-23(2)21(26)17-10-8-16(9-11-17)18-6-4-5-7-19(18)22/h4-11,15H,3,12-14H2,1-2H3/t15-/m1/s1. The van der Waals surface area contributed by atoms with E-state index in [4.69, 9.17) is 0 Å². The first-order valence-corrected chi connectivity index (χ1v) is 8.87. The van der Waals surface area contributed by atoms with Crippen LogP contribution < -0.4 is 0 Å². The summed E-state index contributed by atoms with van der Waals surface area (Å²) in [5.74, 6) is -0.0377. The van der Waals surface area contributed by atoms with Crippen molar-refractivity contribution in [3.8, 4) is 11.1 Å². The van der Waals surface area contributed by atoms with Gasteiger partial charge in [-0.1, -0.05) is 30.3 Å². The maximum Gasteiger partial charge on any atom is 0.253 e. The molecule has 1 saturated heterocycles. The van der Waals surface area contributed by atoms with Crippen molar-refractivity contribution in [2.45, 2.75) is 13.3 Å². The molecule has 26 heavy (non-hydrogen) atoms. The summed E-state index contributed by atoms with van der Waals surface area (Å²) in [6, 6.07) is 13.5. The van der Waals surface area contributed by atoms with Crippen molar-refractivity contribution in [2.24, 2.45) is 5.92 Å². The highest BCUT2D eigenvalue weighted by Gasteiger charge is 2.30. The van der Waals surface area contributed by atoms with E-state index in [9.17, 15) is 14.0 Å². The Balaban J connectivity index is 1.66. The number of hydrogen-bond acceptors (Lipinski definition) is 2. The van der Waals surface area contributed by atoms with E-state index in [2.05, 4.69) is 0 Å². The van der Waals surface area contributed by atoms with Crippen molar-refractivity contribution in [1.29, 1.82) is 0 Å². The lowest BCUT2D eigenvalue weighted by Gasteiger charge is -2.21. The van der Waals surface area contributed by atoms with Crippen molar-refractivity contribution < 1.29 is 14.0 Å². The molecule has 1 atom stereocenters. The number of halogens is 1. The van der Waals surface area contributed by atoms with Crippen LogP contribution in [0.3, 0.4) is 0 Å². The molecule has 2 aromatic rings. The second kappa shape index (κ2) is 7.68. The zero-order valence-corrected chi connectivity index (χ0v) is 15.1. The lowest BCUT2D eigenvalue weighted by molar-refractivity contribution is -0.127. The lowest BCUT2D eigenvalue weighted by atomic mass is 10.0. The Hall–Kier alpha value is -2.69. The van der Waals surface area contributed by atoms with Crippen molar-refractivity contribution in [2.75, 3.05) is 26.7 Å². The second-order valence-electron chi connectivity index (χ2n) is 6.75. The number of likely N-dealkylation sites (tertiary alicyclic amines) is 1. The fourth-order valence-corrected chi connectivity index (χ4v) is 3.46. The number of hydrogen-bond donors (Lipinski definition) is 0. The predicted octanol–water partition coefficient (Wildman–Crippen LogP) is 3.43. The second-order valence-corrected chi connectivity index (χ2v) is 6.75. The van der Waals surface area contributed by atoms with E-state index in [0.29, 0.717) is 37.2 Å². The van der Waals surface area contributed by atoms with Gasteiger partial charge in [-0.05, 0) is 30.7 Å². The number of nitrogens with zero attached hydrogens (tertiary/aromatic N) is 2. The van der Waals surface area contributed by atoms with Gasteiger partial charge in [-0.2, -0.15) is 0 Å². The highest BCUT2D eigenvalue weighted by Crippen LogP contribution is 2.23. The van der Waals surface area contributed by atoms with Crippen LogP contribution in [0.2, 0.25) is 0 Å². The Morgan fingerprint density at radius 3 is 2.50 bits per heavy atom. The molecule has 5 heteroatoms. The first-order valence-electron chi connectivity index (χ1n) is 8.87. The van der Waals surface area contributed by atoms with Gasteiger partial charge in [0.25, 0.3) is 5.91 Å². The molecule has 0 bridgehead atoms. The SMILES string of the molecule is CCN1C[C@@H](CN(C)C(=O)c2ccc(-c3ccccc3F)cc2)CC1=O. The molecule has 0 spiro atoms. The summed E-state index contributed by atoms with van der Waals surface area (Å²) in [6.07, 6.45) is 0.498. The molecule has 0 saturated carbocycles. The third-order valence-electron chi connectivity index (χ3n) is 4.87. The number of carbonyl (C=O) groups excluding carboxylic acids is 2. The largest absolute Gasteiger partial charge is 0.343 e. The van der Waals surface area contributed by atoms with E-state index in [1.165, 1.54) is 6.07 Å². The Morgan fingerprint density at radius 2 is 1.88 bits per heavy atom. The molecule has 2 aromatic carbocycles. The summed E-state index contributed by atoms with van der Waals surface area (Å²) in [5.41, 5.74) is 1.82. The highest BCUT2D eigenvalue weighted by molar-refractivity contribution is 5.94. The Morgan fingerprint density at radius 1 is 1.19 bits per heavy atom. The minimum absolute atomic E-state index is 0.0903. The summed E-state index contributed by atoms with van der Waals surface area (Å²) in [5, 5.41) is 0. The van der Waals surface area contributed by atoms with E-state index in [1.807, 2.05) is 11.8 Å². The topological polar surface area (TPSA) is 40.6 Å². The zero-order chi connectivity index (χ0) is 18.7. The number of rotatable bonds is 5. The van der Waals surface area contributed by atoms with Crippen LogP contribution in [0.25, 0.3) is 11.1 Å². The Kier molecular flexibility index (Phi) is 5.35. The van der Waals surface area contributed by atoms with Crippen LogP contribution in [0.4, 0.5) is 4.39 Å². The lowest BCUT2D eigenvalue weighted by Crippen LogP contribution is -2.33. The highest BCUT2D eigenvalue weighted by atomic mass is 19.1. The molecule has 3 rings (SSSR count). The summed E-state index contributed by atoms with van der Waals surface area (Å²) in [6.45, 7) is 3.94. The smallest absolute Gasteiger partial charge is 0.253 e.